The highest BCUT2D eigenvalue weighted by atomic mass is 19.4. The van der Waals surface area contributed by atoms with Gasteiger partial charge in [-0.1, -0.05) is 6.92 Å². The smallest absolute Gasteiger partial charge is 0.475 e. The van der Waals surface area contributed by atoms with E-state index < -0.39 is 12.1 Å². The highest BCUT2D eigenvalue weighted by Gasteiger charge is 2.42. The van der Waals surface area contributed by atoms with E-state index >= 15 is 0 Å². The van der Waals surface area contributed by atoms with Gasteiger partial charge in [-0.05, 0) is 24.0 Å². The Hall–Kier alpha value is -2.95. The molecule has 0 bridgehead atoms. The minimum Gasteiger partial charge on any atom is -0.475 e. The summed E-state index contributed by atoms with van der Waals surface area (Å²) < 4.78 is 37.5. The van der Waals surface area contributed by atoms with Gasteiger partial charge in [0.15, 0.2) is 0 Å². The largest absolute Gasteiger partial charge is 0.490 e. The van der Waals surface area contributed by atoms with Gasteiger partial charge in [-0.15, -0.1) is 0 Å². The molecule has 0 spiro atoms. The fourth-order valence-electron chi connectivity index (χ4n) is 3.87. The van der Waals surface area contributed by atoms with E-state index in [4.69, 9.17) is 14.3 Å². The van der Waals surface area contributed by atoms with Crippen molar-refractivity contribution in [3.8, 4) is 0 Å². The first kappa shape index (κ1) is 22.7. The number of fused-ring (bicyclic) bond motifs is 1. The fourth-order valence-corrected chi connectivity index (χ4v) is 3.87. The molecule has 168 valence electrons. The molecule has 0 unspecified atom stereocenters. The number of aliphatic carboxylic acids is 1. The molecule has 31 heavy (non-hydrogen) atoms. The Morgan fingerprint density at radius 1 is 1.13 bits per heavy atom. The van der Waals surface area contributed by atoms with Crippen LogP contribution >= 0.6 is 0 Å². The Labute approximate surface area is 176 Å². The normalized spacial score (nSPS) is 20.8. The number of halogens is 3. The van der Waals surface area contributed by atoms with Gasteiger partial charge in [-0.3, -0.25) is 14.7 Å². The van der Waals surface area contributed by atoms with Gasteiger partial charge < -0.3 is 14.4 Å². The molecular formula is C20H23F3N4O4. The standard InChI is InChI=1S/C18H22N4O2.C2HF3O2/c1-2-15-3-4-16(24-15)12-21-8-13-10-22(11-14(13)9-21)18(23)17-7-19-5-6-20-17;3-2(4,5)1(6)7/h3-7,13-14H,2,8-12H2,1H3;(H,6,7)/t13-,14+;. The molecule has 1 N–H and O–H groups in total. The molecule has 0 radical (unpaired) electrons. The summed E-state index contributed by atoms with van der Waals surface area (Å²) in [5.41, 5.74) is 0.442. The topological polar surface area (TPSA) is 99.8 Å². The summed E-state index contributed by atoms with van der Waals surface area (Å²) in [6.45, 7) is 6.65. The second kappa shape index (κ2) is 9.46. The van der Waals surface area contributed by atoms with E-state index in [1.165, 1.54) is 0 Å². The van der Waals surface area contributed by atoms with Crippen molar-refractivity contribution in [2.45, 2.75) is 26.1 Å². The molecule has 2 aliphatic rings. The van der Waals surface area contributed by atoms with Crippen molar-refractivity contribution in [2.75, 3.05) is 26.2 Å². The fraction of sp³-hybridized carbons (Fsp3) is 0.500. The molecule has 2 fully saturated rings. The zero-order chi connectivity index (χ0) is 22.6. The van der Waals surface area contributed by atoms with Crippen molar-refractivity contribution >= 4 is 11.9 Å². The third-order valence-electron chi connectivity index (χ3n) is 5.32. The van der Waals surface area contributed by atoms with Gasteiger partial charge >= 0.3 is 12.1 Å². The van der Waals surface area contributed by atoms with Gasteiger partial charge in [0.1, 0.15) is 17.2 Å². The van der Waals surface area contributed by atoms with Gasteiger partial charge in [0.05, 0.1) is 12.7 Å². The number of carboxylic acid groups (broad SMARTS) is 1. The third kappa shape index (κ3) is 5.81. The van der Waals surface area contributed by atoms with Gasteiger partial charge in [-0.25, -0.2) is 9.78 Å². The van der Waals surface area contributed by atoms with Crippen LogP contribution in [0.25, 0.3) is 0 Å². The van der Waals surface area contributed by atoms with Crippen LogP contribution in [0.1, 0.15) is 28.9 Å². The SMILES string of the molecule is CCc1ccc(CN2C[C@@H]3CN(C(=O)c4cnccn4)C[C@@H]3C2)o1.O=C(O)C(F)(F)F. The predicted molar refractivity (Wildman–Crippen MR) is 102 cm³/mol. The average molecular weight is 440 g/mol. The van der Waals surface area contributed by atoms with Crippen LogP contribution in [0.5, 0.6) is 0 Å². The lowest BCUT2D eigenvalue weighted by Gasteiger charge is -2.20. The molecule has 4 heterocycles. The molecule has 2 aromatic heterocycles. The Kier molecular flexibility index (Phi) is 6.94. The van der Waals surface area contributed by atoms with E-state index in [0.717, 1.165) is 50.7 Å². The second-order valence-electron chi connectivity index (χ2n) is 7.54. The molecule has 0 saturated carbocycles. The summed E-state index contributed by atoms with van der Waals surface area (Å²) >= 11 is 0. The number of aromatic nitrogens is 2. The van der Waals surface area contributed by atoms with Crippen LogP contribution in [0, 0.1) is 11.8 Å². The molecule has 1 amide bonds. The molecule has 0 aromatic carbocycles. The molecule has 2 aliphatic heterocycles. The van der Waals surface area contributed by atoms with Gasteiger partial charge in [-0.2, -0.15) is 13.2 Å². The van der Waals surface area contributed by atoms with Crippen LogP contribution in [0.15, 0.2) is 35.1 Å². The van der Waals surface area contributed by atoms with Crippen molar-refractivity contribution < 1.29 is 32.3 Å². The predicted octanol–water partition coefficient (Wildman–Crippen LogP) is 2.47. The van der Waals surface area contributed by atoms with E-state index in [-0.39, 0.29) is 5.91 Å². The third-order valence-corrected chi connectivity index (χ3v) is 5.32. The Balaban J connectivity index is 0.000000339. The monoisotopic (exact) mass is 440 g/mol. The van der Waals surface area contributed by atoms with Gasteiger partial charge in [0.2, 0.25) is 0 Å². The molecule has 2 aromatic rings. The van der Waals surface area contributed by atoms with Crippen molar-refractivity contribution in [1.29, 1.82) is 0 Å². The number of rotatable bonds is 4. The lowest BCUT2D eigenvalue weighted by molar-refractivity contribution is -0.192. The summed E-state index contributed by atoms with van der Waals surface area (Å²) in [4.78, 5) is 33.9. The Bertz CT molecular complexity index is 889. The minimum absolute atomic E-state index is 0.00247. The second-order valence-corrected chi connectivity index (χ2v) is 7.54. The number of alkyl halides is 3. The maximum atomic E-state index is 12.5. The highest BCUT2D eigenvalue weighted by molar-refractivity contribution is 5.92. The van der Waals surface area contributed by atoms with E-state index in [9.17, 15) is 18.0 Å². The average Bonchev–Trinajstić information content (AvgIpc) is 3.43. The Morgan fingerprint density at radius 2 is 1.74 bits per heavy atom. The molecule has 11 heteroatoms. The van der Waals surface area contributed by atoms with E-state index in [1.54, 1.807) is 18.6 Å². The summed E-state index contributed by atoms with van der Waals surface area (Å²) in [7, 11) is 0. The van der Waals surface area contributed by atoms with E-state index in [1.807, 2.05) is 4.90 Å². The summed E-state index contributed by atoms with van der Waals surface area (Å²) in [5.74, 6) is 0.428. The molecule has 2 atom stereocenters. The van der Waals surface area contributed by atoms with Crippen LogP contribution in [0.3, 0.4) is 0 Å². The number of hydrogen-bond donors (Lipinski definition) is 1. The van der Waals surface area contributed by atoms with Crippen molar-refractivity contribution in [2.24, 2.45) is 11.8 Å². The zero-order valence-corrected chi connectivity index (χ0v) is 16.9. The molecule has 8 nitrogen and oxygen atoms in total. The van der Waals surface area contributed by atoms with Crippen molar-refractivity contribution in [3.05, 3.63) is 47.9 Å². The maximum Gasteiger partial charge on any atom is 0.490 e. The first-order valence-electron chi connectivity index (χ1n) is 9.82. The number of amides is 1. The molecular weight excluding hydrogens is 417 g/mol. The lowest BCUT2D eigenvalue weighted by Crippen LogP contribution is -2.33. The lowest BCUT2D eigenvalue weighted by atomic mass is 10.0. The van der Waals surface area contributed by atoms with Gasteiger partial charge in [0.25, 0.3) is 5.91 Å². The number of carboxylic acids is 1. The van der Waals surface area contributed by atoms with Crippen LogP contribution < -0.4 is 0 Å². The number of furan rings is 1. The zero-order valence-electron chi connectivity index (χ0n) is 16.9. The summed E-state index contributed by atoms with van der Waals surface area (Å²) in [5, 5.41) is 7.12. The Morgan fingerprint density at radius 3 is 2.23 bits per heavy atom. The highest BCUT2D eigenvalue weighted by Crippen LogP contribution is 2.32. The minimum atomic E-state index is -5.08. The van der Waals surface area contributed by atoms with Crippen molar-refractivity contribution in [3.63, 3.8) is 0 Å². The number of carbonyl (C=O) groups excluding carboxylic acids is 1. The van der Waals surface area contributed by atoms with Gasteiger partial charge in [0, 0.05) is 45.0 Å². The molecule has 0 aliphatic carbocycles. The van der Waals surface area contributed by atoms with Crippen LogP contribution in [0.4, 0.5) is 13.2 Å². The number of hydrogen-bond acceptors (Lipinski definition) is 6. The summed E-state index contributed by atoms with van der Waals surface area (Å²) in [6.07, 6.45) is 0.557. The quantitative estimate of drug-likeness (QED) is 0.780. The van der Waals surface area contributed by atoms with Crippen molar-refractivity contribution in [1.82, 2.24) is 19.8 Å². The number of aryl methyl sites for hydroxylation is 1. The van der Waals surface area contributed by atoms with Crippen LogP contribution in [-0.4, -0.2) is 69.1 Å². The first-order valence-corrected chi connectivity index (χ1v) is 9.82. The van der Waals surface area contributed by atoms with Crippen LogP contribution in [-0.2, 0) is 17.8 Å². The van der Waals surface area contributed by atoms with E-state index in [2.05, 4.69) is 33.9 Å². The summed E-state index contributed by atoms with van der Waals surface area (Å²) in [6, 6.07) is 4.14. The maximum absolute atomic E-state index is 12.5. The number of carbonyl (C=O) groups is 2. The number of nitrogens with zero attached hydrogens (tertiary/aromatic N) is 4. The molecule has 2 saturated heterocycles. The molecule has 4 rings (SSSR count). The van der Waals surface area contributed by atoms with Crippen LogP contribution in [0.2, 0.25) is 0 Å². The first-order chi connectivity index (χ1) is 14.7. The van der Waals surface area contributed by atoms with E-state index in [0.29, 0.717) is 17.5 Å². The number of likely N-dealkylation sites (tertiary alicyclic amines) is 2.